The highest BCUT2D eigenvalue weighted by atomic mass is 16.1. The Morgan fingerprint density at radius 2 is 1.93 bits per heavy atom. The lowest BCUT2D eigenvalue weighted by molar-refractivity contribution is 0.0957. The Morgan fingerprint density at radius 3 is 2.50 bits per heavy atom. The zero-order valence-corrected chi connectivity index (χ0v) is 9.29. The van der Waals surface area contributed by atoms with Crippen molar-refractivity contribution in [3.63, 3.8) is 0 Å². The SMILES string of the molecule is Cc1ccc(C)c(C(=O)CN(C)C)c1. The van der Waals surface area contributed by atoms with Gasteiger partial charge in [0.15, 0.2) is 5.78 Å². The van der Waals surface area contributed by atoms with Crippen LogP contribution >= 0.6 is 0 Å². The van der Waals surface area contributed by atoms with E-state index in [0.29, 0.717) is 6.54 Å². The van der Waals surface area contributed by atoms with E-state index in [9.17, 15) is 4.79 Å². The van der Waals surface area contributed by atoms with Crippen LogP contribution in [0.15, 0.2) is 18.2 Å². The van der Waals surface area contributed by atoms with E-state index in [1.165, 1.54) is 0 Å². The molecule has 76 valence electrons. The summed E-state index contributed by atoms with van der Waals surface area (Å²) >= 11 is 0. The van der Waals surface area contributed by atoms with Gasteiger partial charge in [0.05, 0.1) is 6.54 Å². The summed E-state index contributed by atoms with van der Waals surface area (Å²) in [6, 6.07) is 5.99. The summed E-state index contributed by atoms with van der Waals surface area (Å²) in [5.74, 6) is 0.191. The van der Waals surface area contributed by atoms with Crippen LogP contribution in [0.2, 0.25) is 0 Å². The summed E-state index contributed by atoms with van der Waals surface area (Å²) in [6.45, 7) is 4.46. The standard InChI is InChI=1S/C12H17NO/c1-9-5-6-10(2)11(7-9)12(14)8-13(3)4/h5-7H,8H2,1-4H3. The minimum absolute atomic E-state index is 0.191. The maximum Gasteiger partial charge on any atom is 0.177 e. The van der Waals surface area contributed by atoms with E-state index >= 15 is 0 Å². The van der Waals surface area contributed by atoms with Gasteiger partial charge in [-0.15, -0.1) is 0 Å². The van der Waals surface area contributed by atoms with Crippen LogP contribution in [0.3, 0.4) is 0 Å². The van der Waals surface area contributed by atoms with Crippen molar-refractivity contribution in [1.29, 1.82) is 0 Å². The topological polar surface area (TPSA) is 20.3 Å². The van der Waals surface area contributed by atoms with Crippen molar-refractivity contribution in [3.8, 4) is 0 Å². The van der Waals surface area contributed by atoms with Gasteiger partial charge in [-0.1, -0.05) is 17.7 Å². The molecule has 1 aromatic rings. The molecule has 0 amide bonds. The lowest BCUT2D eigenvalue weighted by Crippen LogP contribution is -2.22. The van der Waals surface area contributed by atoms with E-state index in [1.54, 1.807) is 0 Å². The fraction of sp³-hybridized carbons (Fsp3) is 0.417. The molecular weight excluding hydrogens is 174 g/mol. The normalized spacial score (nSPS) is 10.6. The highest BCUT2D eigenvalue weighted by molar-refractivity contribution is 5.99. The van der Waals surface area contributed by atoms with Gasteiger partial charge in [-0.3, -0.25) is 4.79 Å². The largest absolute Gasteiger partial charge is 0.302 e. The quantitative estimate of drug-likeness (QED) is 0.681. The fourth-order valence-corrected chi connectivity index (χ4v) is 1.41. The van der Waals surface area contributed by atoms with E-state index in [4.69, 9.17) is 0 Å². The van der Waals surface area contributed by atoms with Crippen LogP contribution in [-0.2, 0) is 0 Å². The maximum absolute atomic E-state index is 11.8. The van der Waals surface area contributed by atoms with Crippen LogP contribution in [0, 0.1) is 13.8 Å². The summed E-state index contributed by atoms with van der Waals surface area (Å²) < 4.78 is 0. The van der Waals surface area contributed by atoms with Crippen molar-refractivity contribution in [3.05, 3.63) is 34.9 Å². The Morgan fingerprint density at radius 1 is 1.29 bits per heavy atom. The fourth-order valence-electron chi connectivity index (χ4n) is 1.41. The van der Waals surface area contributed by atoms with E-state index in [1.807, 2.05) is 51.0 Å². The van der Waals surface area contributed by atoms with Crippen LogP contribution in [-0.4, -0.2) is 31.3 Å². The lowest BCUT2D eigenvalue weighted by Gasteiger charge is -2.10. The van der Waals surface area contributed by atoms with Gasteiger partial charge < -0.3 is 4.90 Å². The predicted molar refractivity (Wildman–Crippen MR) is 58.8 cm³/mol. The molecular formula is C12H17NO. The van der Waals surface area contributed by atoms with Crippen LogP contribution < -0.4 is 0 Å². The number of hydrogen-bond acceptors (Lipinski definition) is 2. The number of aryl methyl sites for hydroxylation is 2. The second-order valence-electron chi connectivity index (χ2n) is 3.98. The first-order valence-electron chi connectivity index (χ1n) is 4.76. The molecule has 0 saturated carbocycles. The van der Waals surface area contributed by atoms with Crippen LogP contribution in [0.1, 0.15) is 21.5 Å². The number of Topliss-reactive ketones (excluding diaryl/α,β-unsaturated/α-hetero) is 1. The third-order valence-electron chi connectivity index (χ3n) is 2.15. The van der Waals surface area contributed by atoms with E-state index in [-0.39, 0.29) is 5.78 Å². The van der Waals surface area contributed by atoms with Gasteiger partial charge in [-0.25, -0.2) is 0 Å². The molecule has 2 nitrogen and oxygen atoms in total. The highest BCUT2D eigenvalue weighted by Crippen LogP contribution is 2.11. The van der Waals surface area contributed by atoms with E-state index in [2.05, 4.69) is 0 Å². The third kappa shape index (κ3) is 2.67. The molecule has 0 atom stereocenters. The maximum atomic E-state index is 11.8. The second-order valence-corrected chi connectivity index (χ2v) is 3.98. The van der Waals surface area contributed by atoms with Crippen molar-refractivity contribution in [2.75, 3.05) is 20.6 Å². The number of nitrogens with zero attached hydrogens (tertiary/aromatic N) is 1. The van der Waals surface area contributed by atoms with Gasteiger partial charge in [0.2, 0.25) is 0 Å². The number of rotatable bonds is 3. The van der Waals surface area contributed by atoms with Crippen LogP contribution in [0.5, 0.6) is 0 Å². The van der Waals surface area contributed by atoms with Gasteiger partial charge in [0.1, 0.15) is 0 Å². The molecule has 0 aliphatic carbocycles. The molecule has 0 aromatic heterocycles. The average molecular weight is 191 g/mol. The van der Waals surface area contributed by atoms with Crippen molar-refractivity contribution < 1.29 is 4.79 Å². The molecule has 0 N–H and O–H groups in total. The van der Waals surface area contributed by atoms with Crippen molar-refractivity contribution >= 4 is 5.78 Å². The van der Waals surface area contributed by atoms with Gasteiger partial charge in [0.25, 0.3) is 0 Å². The molecule has 0 spiro atoms. The molecule has 14 heavy (non-hydrogen) atoms. The zero-order chi connectivity index (χ0) is 10.7. The number of carbonyl (C=O) groups is 1. The number of ketones is 1. The monoisotopic (exact) mass is 191 g/mol. The molecule has 0 unspecified atom stereocenters. The molecule has 0 fully saturated rings. The highest BCUT2D eigenvalue weighted by Gasteiger charge is 2.09. The lowest BCUT2D eigenvalue weighted by atomic mass is 10.0. The zero-order valence-electron chi connectivity index (χ0n) is 9.29. The van der Waals surface area contributed by atoms with E-state index < -0.39 is 0 Å². The first kappa shape index (κ1) is 10.9. The van der Waals surface area contributed by atoms with Crippen LogP contribution in [0.25, 0.3) is 0 Å². The summed E-state index contributed by atoms with van der Waals surface area (Å²) in [7, 11) is 3.81. The molecule has 0 aliphatic heterocycles. The van der Waals surface area contributed by atoms with Gasteiger partial charge in [0, 0.05) is 5.56 Å². The molecule has 1 rings (SSSR count). The summed E-state index contributed by atoms with van der Waals surface area (Å²) in [6.07, 6.45) is 0. The van der Waals surface area contributed by atoms with Gasteiger partial charge >= 0.3 is 0 Å². The predicted octanol–water partition coefficient (Wildman–Crippen LogP) is 2.05. The Balaban J connectivity index is 2.94. The smallest absolute Gasteiger partial charge is 0.177 e. The number of hydrogen-bond donors (Lipinski definition) is 0. The summed E-state index contributed by atoms with van der Waals surface area (Å²) in [4.78, 5) is 13.7. The van der Waals surface area contributed by atoms with Crippen molar-refractivity contribution in [2.24, 2.45) is 0 Å². The third-order valence-corrected chi connectivity index (χ3v) is 2.15. The molecule has 0 heterocycles. The number of benzene rings is 1. The molecule has 1 aromatic carbocycles. The Labute approximate surface area is 85.5 Å². The summed E-state index contributed by atoms with van der Waals surface area (Å²) in [5.41, 5.74) is 3.04. The minimum atomic E-state index is 0.191. The minimum Gasteiger partial charge on any atom is -0.302 e. The molecule has 0 aliphatic rings. The Kier molecular flexibility index (Phi) is 3.42. The average Bonchev–Trinajstić information content (AvgIpc) is 2.08. The molecule has 0 radical (unpaired) electrons. The second kappa shape index (κ2) is 4.38. The Hall–Kier alpha value is -1.15. The first-order chi connectivity index (χ1) is 6.50. The van der Waals surface area contributed by atoms with Crippen molar-refractivity contribution in [1.82, 2.24) is 4.90 Å². The van der Waals surface area contributed by atoms with Crippen LogP contribution in [0.4, 0.5) is 0 Å². The van der Waals surface area contributed by atoms with Crippen molar-refractivity contribution in [2.45, 2.75) is 13.8 Å². The molecule has 0 saturated heterocycles. The van der Waals surface area contributed by atoms with E-state index in [0.717, 1.165) is 16.7 Å². The first-order valence-corrected chi connectivity index (χ1v) is 4.76. The molecule has 2 heteroatoms. The van der Waals surface area contributed by atoms with Gasteiger partial charge in [-0.05, 0) is 39.6 Å². The summed E-state index contributed by atoms with van der Waals surface area (Å²) in [5, 5.41) is 0. The van der Waals surface area contributed by atoms with Gasteiger partial charge in [-0.2, -0.15) is 0 Å². The number of likely N-dealkylation sites (N-methyl/N-ethyl adjacent to an activating group) is 1. The molecule has 0 bridgehead atoms. The number of carbonyl (C=O) groups excluding carboxylic acids is 1. The Bertz CT molecular complexity index is 342.